The van der Waals surface area contributed by atoms with Gasteiger partial charge in [-0.25, -0.2) is 0 Å². The Bertz CT molecular complexity index is 1500. The molecule has 2 amide bonds. The number of carbonyl (C=O) groups is 3. The summed E-state index contributed by atoms with van der Waals surface area (Å²) in [6.45, 7) is 5.03. The van der Waals surface area contributed by atoms with Crippen LogP contribution in [-0.2, 0) is 4.79 Å². The second kappa shape index (κ2) is 12.3. The SMILES string of the molecule is Cc1c(O)[nH]c(O)c1C(=O)[C@@H](NC(=O)C[C@H](NC(=O)c1cc(-c2ccccc2)ccn1)c1ccccc1)C(C)C. The first-order valence-corrected chi connectivity index (χ1v) is 13.0. The first-order valence-electron chi connectivity index (χ1n) is 13.0. The number of aromatic amines is 1. The van der Waals surface area contributed by atoms with Crippen molar-refractivity contribution in [3.63, 3.8) is 0 Å². The van der Waals surface area contributed by atoms with Crippen LogP contribution in [-0.4, -0.2) is 43.8 Å². The minimum Gasteiger partial charge on any atom is -0.494 e. The lowest BCUT2D eigenvalue weighted by molar-refractivity contribution is -0.122. The fraction of sp³-hybridized carbons (Fsp3) is 0.226. The third kappa shape index (κ3) is 6.37. The molecule has 0 unspecified atom stereocenters. The number of amides is 2. The molecule has 206 valence electrons. The number of aromatic nitrogens is 2. The van der Waals surface area contributed by atoms with Gasteiger partial charge in [-0.05, 0) is 41.7 Å². The Morgan fingerprint density at radius 1 is 0.875 bits per heavy atom. The number of carbonyl (C=O) groups excluding carboxylic acids is 3. The van der Waals surface area contributed by atoms with Gasteiger partial charge >= 0.3 is 0 Å². The highest BCUT2D eigenvalue weighted by atomic mass is 16.3. The molecule has 0 radical (unpaired) electrons. The summed E-state index contributed by atoms with van der Waals surface area (Å²) in [6, 6.07) is 20.5. The van der Waals surface area contributed by atoms with Crippen LogP contribution < -0.4 is 10.6 Å². The van der Waals surface area contributed by atoms with Crippen LogP contribution in [0.25, 0.3) is 11.1 Å². The highest BCUT2D eigenvalue weighted by molar-refractivity contribution is 6.05. The van der Waals surface area contributed by atoms with Crippen molar-refractivity contribution in [2.45, 2.75) is 39.3 Å². The van der Waals surface area contributed by atoms with E-state index >= 15 is 0 Å². The van der Waals surface area contributed by atoms with Gasteiger partial charge in [-0.15, -0.1) is 0 Å². The molecular weight excluding hydrogens is 508 g/mol. The third-order valence-electron chi connectivity index (χ3n) is 6.71. The number of H-pyrrole nitrogens is 1. The van der Waals surface area contributed by atoms with Crippen LogP contribution in [0.4, 0.5) is 0 Å². The van der Waals surface area contributed by atoms with Crippen LogP contribution in [0.15, 0.2) is 79.0 Å². The molecule has 0 aliphatic rings. The van der Waals surface area contributed by atoms with Crippen LogP contribution >= 0.6 is 0 Å². The summed E-state index contributed by atoms with van der Waals surface area (Å²) in [6.07, 6.45) is 1.42. The fourth-order valence-corrected chi connectivity index (χ4v) is 4.51. The van der Waals surface area contributed by atoms with Gasteiger partial charge in [0.15, 0.2) is 11.7 Å². The monoisotopic (exact) mass is 540 g/mol. The number of aromatic hydroxyl groups is 2. The molecule has 2 atom stereocenters. The molecule has 0 fully saturated rings. The Labute approximate surface area is 232 Å². The molecule has 5 N–H and O–H groups in total. The minimum absolute atomic E-state index is 0.0752. The van der Waals surface area contributed by atoms with Crippen molar-refractivity contribution in [3.8, 4) is 22.9 Å². The van der Waals surface area contributed by atoms with Crippen molar-refractivity contribution >= 4 is 17.6 Å². The van der Waals surface area contributed by atoms with E-state index in [2.05, 4.69) is 20.6 Å². The summed E-state index contributed by atoms with van der Waals surface area (Å²) in [7, 11) is 0. The largest absolute Gasteiger partial charge is 0.494 e. The average molecular weight is 541 g/mol. The van der Waals surface area contributed by atoms with E-state index < -0.39 is 35.6 Å². The van der Waals surface area contributed by atoms with Crippen LogP contribution in [0, 0.1) is 12.8 Å². The maximum Gasteiger partial charge on any atom is 0.270 e. The summed E-state index contributed by atoms with van der Waals surface area (Å²) in [5.41, 5.74) is 2.82. The molecular formula is C31H32N4O5. The zero-order valence-corrected chi connectivity index (χ0v) is 22.5. The number of rotatable bonds is 10. The van der Waals surface area contributed by atoms with Crippen molar-refractivity contribution in [1.82, 2.24) is 20.6 Å². The zero-order chi connectivity index (χ0) is 28.8. The van der Waals surface area contributed by atoms with Gasteiger partial charge in [0.1, 0.15) is 5.69 Å². The first-order chi connectivity index (χ1) is 19.2. The molecule has 4 rings (SSSR count). The molecule has 0 spiro atoms. The van der Waals surface area contributed by atoms with Crippen molar-refractivity contribution in [2.75, 3.05) is 0 Å². The number of nitrogens with one attached hydrogen (secondary N) is 3. The van der Waals surface area contributed by atoms with Gasteiger partial charge in [-0.3, -0.25) is 24.4 Å². The number of hydrogen-bond acceptors (Lipinski definition) is 6. The quantitative estimate of drug-likeness (QED) is 0.185. The Morgan fingerprint density at radius 3 is 2.12 bits per heavy atom. The Morgan fingerprint density at radius 2 is 1.52 bits per heavy atom. The van der Waals surface area contributed by atoms with Gasteiger partial charge in [-0.1, -0.05) is 74.5 Å². The van der Waals surface area contributed by atoms with Crippen molar-refractivity contribution < 1.29 is 24.6 Å². The van der Waals surface area contributed by atoms with E-state index in [1.165, 1.54) is 6.92 Å². The van der Waals surface area contributed by atoms with E-state index in [1.807, 2.05) is 54.6 Å². The van der Waals surface area contributed by atoms with E-state index in [4.69, 9.17) is 0 Å². The summed E-state index contributed by atoms with van der Waals surface area (Å²) < 4.78 is 0. The molecule has 0 saturated carbocycles. The van der Waals surface area contributed by atoms with Crippen LogP contribution in [0.2, 0.25) is 0 Å². The maximum absolute atomic E-state index is 13.3. The Balaban J connectivity index is 1.54. The van der Waals surface area contributed by atoms with Gasteiger partial charge in [0.25, 0.3) is 5.91 Å². The first kappa shape index (κ1) is 28.1. The van der Waals surface area contributed by atoms with E-state index in [9.17, 15) is 24.6 Å². The molecule has 2 aromatic carbocycles. The number of nitrogens with zero attached hydrogens (tertiary/aromatic N) is 1. The van der Waals surface area contributed by atoms with Crippen molar-refractivity contribution in [1.29, 1.82) is 0 Å². The lowest BCUT2D eigenvalue weighted by Gasteiger charge is -2.24. The second-order valence-electron chi connectivity index (χ2n) is 9.91. The second-order valence-corrected chi connectivity index (χ2v) is 9.91. The molecule has 0 aliphatic carbocycles. The van der Waals surface area contributed by atoms with Crippen molar-refractivity contribution in [2.24, 2.45) is 5.92 Å². The normalized spacial score (nSPS) is 12.5. The summed E-state index contributed by atoms with van der Waals surface area (Å²) in [5, 5.41) is 25.7. The van der Waals surface area contributed by atoms with E-state index in [1.54, 1.807) is 38.2 Å². The van der Waals surface area contributed by atoms with Gasteiger partial charge in [0, 0.05) is 11.8 Å². The highest BCUT2D eigenvalue weighted by Gasteiger charge is 2.31. The number of Topliss-reactive ketones (excluding diaryl/α,β-unsaturated/α-hetero) is 1. The molecule has 0 saturated heterocycles. The highest BCUT2D eigenvalue weighted by Crippen LogP contribution is 2.30. The predicted molar refractivity (Wildman–Crippen MR) is 151 cm³/mol. The number of hydrogen-bond donors (Lipinski definition) is 5. The number of pyridine rings is 1. The standard InChI is InChI=1S/C31H32N4O5/c1-18(2)27(28(37)26-19(3)29(38)35-31(26)40)34-25(36)17-23(21-12-8-5-9-13-21)33-30(39)24-16-22(14-15-32-24)20-10-6-4-7-11-20/h4-16,18,23,27,35,38,40H,17H2,1-3H3,(H,33,39)(H,34,36)/t23-,27-/m0/s1. The maximum atomic E-state index is 13.3. The summed E-state index contributed by atoms with van der Waals surface area (Å²) in [4.78, 5) is 46.4. The Kier molecular flexibility index (Phi) is 8.63. The number of benzene rings is 2. The van der Waals surface area contributed by atoms with Gasteiger partial charge in [0.05, 0.1) is 24.1 Å². The molecule has 2 aromatic heterocycles. The minimum atomic E-state index is -0.969. The zero-order valence-electron chi connectivity index (χ0n) is 22.5. The van der Waals surface area contributed by atoms with Crippen LogP contribution in [0.5, 0.6) is 11.8 Å². The molecule has 2 heterocycles. The van der Waals surface area contributed by atoms with Crippen molar-refractivity contribution in [3.05, 3.63) is 101 Å². The predicted octanol–water partition coefficient (Wildman–Crippen LogP) is 4.68. The smallest absolute Gasteiger partial charge is 0.270 e. The van der Waals surface area contributed by atoms with Crippen LogP contribution in [0.3, 0.4) is 0 Å². The summed E-state index contributed by atoms with van der Waals surface area (Å²) >= 11 is 0. The Hall–Kier alpha value is -4.92. The lowest BCUT2D eigenvalue weighted by Crippen LogP contribution is -2.45. The topological polar surface area (TPSA) is 144 Å². The van der Waals surface area contributed by atoms with E-state index in [0.717, 1.165) is 11.1 Å². The van der Waals surface area contributed by atoms with E-state index in [0.29, 0.717) is 5.56 Å². The molecule has 9 nitrogen and oxygen atoms in total. The molecule has 40 heavy (non-hydrogen) atoms. The van der Waals surface area contributed by atoms with E-state index in [-0.39, 0.29) is 35.0 Å². The fourth-order valence-electron chi connectivity index (χ4n) is 4.51. The van der Waals surface area contributed by atoms with Gasteiger partial charge < -0.3 is 20.8 Å². The molecule has 0 aliphatic heterocycles. The summed E-state index contributed by atoms with van der Waals surface area (Å²) in [5.74, 6) is -2.53. The van der Waals surface area contributed by atoms with Crippen LogP contribution in [0.1, 0.15) is 58.3 Å². The molecule has 0 bridgehead atoms. The number of ketones is 1. The molecule has 9 heteroatoms. The van der Waals surface area contributed by atoms with Gasteiger partial charge in [-0.2, -0.15) is 0 Å². The van der Waals surface area contributed by atoms with Gasteiger partial charge in [0.2, 0.25) is 11.8 Å². The third-order valence-corrected chi connectivity index (χ3v) is 6.71. The average Bonchev–Trinajstić information content (AvgIpc) is 3.22. The molecule has 4 aromatic rings. The lowest BCUT2D eigenvalue weighted by atomic mass is 9.93.